The molecule has 0 atom stereocenters. The molecule has 0 heterocycles. The van der Waals surface area contributed by atoms with Crippen LogP contribution in [0.1, 0.15) is 125 Å². The maximum atomic E-state index is 12.3. The average Bonchev–Trinajstić information content (AvgIpc) is 2.74. The van der Waals surface area contributed by atoms with Crippen LogP contribution in [0.4, 0.5) is 0 Å². The van der Waals surface area contributed by atoms with Gasteiger partial charge in [0.25, 0.3) is 0 Å². The molecule has 0 fully saturated rings. The minimum atomic E-state index is -2.13. The quantitative estimate of drug-likeness (QED) is 0.125. The smallest absolute Gasteiger partial charge is 0.487 e. The second-order valence-electron chi connectivity index (χ2n) is 8.71. The Labute approximate surface area is 186 Å². The number of carbonyl (C=O) groups excluding carboxylic acids is 1. The van der Waals surface area contributed by atoms with E-state index in [1.165, 1.54) is 83.5 Å². The molecule has 0 aliphatic heterocycles. The van der Waals surface area contributed by atoms with Crippen molar-refractivity contribution in [2.45, 2.75) is 123 Å². The van der Waals surface area contributed by atoms with Crippen LogP contribution in [0.5, 0.6) is 5.75 Å². The zero-order valence-corrected chi connectivity index (χ0v) is 20.8. The fraction of sp³-hybridized carbons (Fsp3) is 0.731. The summed E-state index contributed by atoms with van der Waals surface area (Å²) in [6.45, 7) is 6.14. The van der Waals surface area contributed by atoms with Crippen LogP contribution >= 0.6 is 0 Å². The first-order valence-corrected chi connectivity index (χ1v) is 13.9. The van der Waals surface area contributed by atoms with Gasteiger partial charge in [-0.05, 0) is 37.5 Å². The molecule has 0 aromatic heterocycles. The van der Waals surface area contributed by atoms with Crippen LogP contribution in [0.15, 0.2) is 12.1 Å². The van der Waals surface area contributed by atoms with E-state index in [0.29, 0.717) is 17.4 Å². The molecule has 3 nitrogen and oxygen atoms in total. The first-order valence-electron chi connectivity index (χ1n) is 12.4. The van der Waals surface area contributed by atoms with E-state index in [2.05, 4.69) is 6.92 Å². The summed E-state index contributed by atoms with van der Waals surface area (Å²) in [6, 6.07) is 4.29. The van der Waals surface area contributed by atoms with Crippen LogP contribution in [-0.2, 0) is 4.46 Å². The third-order valence-corrected chi connectivity index (χ3v) is 7.28. The molecular formula is C26H44O3Si. The van der Waals surface area contributed by atoms with Gasteiger partial charge in [0.15, 0.2) is 6.29 Å². The van der Waals surface area contributed by atoms with E-state index < -0.39 is 8.93 Å². The van der Waals surface area contributed by atoms with Gasteiger partial charge >= 0.3 is 8.93 Å². The predicted molar refractivity (Wildman–Crippen MR) is 128 cm³/mol. The number of hydrogen-bond donors (Lipinski definition) is 0. The monoisotopic (exact) mass is 432 g/mol. The number of aryl methyl sites for hydroxylation is 1. The molecular weight excluding hydrogens is 388 g/mol. The highest BCUT2D eigenvalue weighted by atomic mass is 28.3. The van der Waals surface area contributed by atoms with Crippen molar-refractivity contribution in [2.24, 2.45) is 0 Å². The number of aldehydes is 1. The Balaban J connectivity index is 1.98. The summed E-state index contributed by atoms with van der Waals surface area (Å²) in [7, 11) is -2.13. The molecule has 0 spiro atoms. The maximum absolute atomic E-state index is 12.3. The number of benzene rings is 1. The number of hydrogen-bond acceptors (Lipinski definition) is 3. The van der Waals surface area contributed by atoms with Crippen molar-refractivity contribution in [3.05, 3.63) is 28.8 Å². The zero-order valence-electron chi connectivity index (χ0n) is 19.8. The fourth-order valence-electron chi connectivity index (χ4n) is 3.86. The third kappa shape index (κ3) is 11.8. The average molecular weight is 433 g/mol. The summed E-state index contributed by atoms with van der Waals surface area (Å²) in [5.41, 5.74) is 2.49. The lowest BCUT2D eigenvalue weighted by Crippen LogP contribution is -2.12. The van der Waals surface area contributed by atoms with Crippen LogP contribution in [0.2, 0.25) is 6.04 Å². The molecule has 1 aromatic carbocycles. The van der Waals surface area contributed by atoms with Crippen LogP contribution < -0.4 is 4.43 Å². The molecule has 0 unspecified atom stereocenters. The normalized spacial score (nSPS) is 10.9. The summed E-state index contributed by atoms with van der Waals surface area (Å²) >= 11 is 0. The molecule has 0 bridgehead atoms. The highest BCUT2D eigenvalue weighted by Gasteiger charge is 2.14. The fourth-order valence-corrected chi connectivity index (χ4v) is 4.93. The number of unbranched alkanes of at least 4 members (excludes halogenated alkanes) is 14. The van der Waals surface area contributed by atoms with Gasteiger partial charge in [-0.3, -0.25) is 4.79 Å². The maximum Gasteiger partial charge on any atom is 0.507 e. The lowest BCUT2D eigenvalue weighted by Gasteiger charge is -2.10. The Morgan fingerprint density at radius 1 is 0.767 bits per heavy atom. The molecule has 30 heavy (non-hydrogen) atoms. The Bertz CT molecular complexity index is 613. The van der Waals surface area contributed by atoms with E-state index in [1.807, 2.05) is 19.9 Å². The molecule has 1 rings (SSSR count). The molecule has 0 saturated heterocycles. The Morgan fingerprint density at radius 2 is 1.23 bits per heavy atom. The second kappa shape index (κ2) is 17.4. The van der Waals surface area contributed by atoms with Gasteiger partial charge in [0.2, 0.25) is 0 Å². The van der Waals surface area contributed by atoms with Gasteiger partial charge in [0.1, 0.15) is 5.75 Å². The van der Waals surface area contributed by atoms with Crippen LogP contribution in [-0.4, -0.2) is 15.2 Å². The van der Waals surface area contributed by atoms with E-state index >= 15 is 0 Å². The molecule has 0 N–H and O–H groups in total. The Kier molecular flexibility index (Phi) is 15.5. The van der Waals surface area contributed by atoms with Gasteiger partial charge in [-0.2, -0.15) is 0 Å². The Hall–Kier alpha value is -1.29. The minimum Gasteiger partial charge on any atom is -0.487 e. The third-order valence-electron chi connectivity index (χ3n) is 6.07. The van der Waals surface area contributed by atoms with Crippen molar-refractivity contribution >= 4 is 15.2 Å². The topological polar surface area (TPSA) is 43.4 Å². The molecule has 0 aliphatic rings. The largest absolute Gasteiger partial charge is 0.507 e. The highest BCUT2D eigenvalue weighted by Crippen LogP contribution is 2.23. The molecule has 4 heteroatoms. The molecule has 170 valence electrons. The van der Waals surface area contributed by atoms with Crippen molar-refractivity contribution in [2.75, 3.05) is 0 Å². The van der Waals surface area contributed by atoms with E-state index in [0.717, 1.165) is 30.3 Å². The number of rotatable bonds is 19. The van der Waals surface area contributed by atoms with E-state index in [4.69, 9.17) is 4.43 Å². The molecule has 0 radical (unpaired) electrons. The zero-order chi connectivity index (χ0) is 22.0. The van der Waals surface area contributed by atoms with Gasteiger partial charge in [0, 0.05) is 6.04 Å². The summed E-state index contributed by atoms with van der Waals surface area (Å²) in [6.07, 6.45) is 20.7. The van der Waals surface area contributed by atoms with Crippen molar-refractivity contribution in [1.82, 2.24) is 0 Å². The first-order chi connectivity index (χ1) is 14.6. The standard InChI is InChI=1S/C26H44O3Si/c1-4-5-6-7-8-9-10-11-12-13-14-15-16-17-18-21-30(28)29-26-20-19-23(2)24(3)25(26)22-27/h19-20,22H,4-18,21H2,1-3H3. The predicted octanol–water partition coefficient (Wildman–Crippen LogP) is 8.28. The molecule has 1 aromatic rings. The SMILES string of the molecule is CCCCCCCCCCCCCCCCC[Si](=O)Oc1ccc(C)c(C)c1C=O. The minimum absolute atomic E-state index is 0.470. The molecule has 0 saturated carbocycles. The summed E-state index contributed by atoms with van der Waals surface area (Å²) in [4.78, 5) is 11.3. The molecule has 0 aliphatic carbocycles. The van der Waals surface area contributed by atoms with Crippen LogP contribution in [0, 0.1) is 13.8 Å². The second-order valence-corrected chi connectivity index (χ2v) is 10.2. The van der Waals surface area contributed by atoms with Crippen LogP contribution in [0.3, 0.4) is 0 Å². The van der Waals surface area contributed by atoms with Gasteiger partial charge in [-0.15, -0.1) is 0 Å². The lowest BCUT2D eigenvalue weighted by molar-refractivity contribution is 0.112. The van der Waals surface area contributed by atoms with Gasteiger partial charge in [0.05, 0.1) is 5.56 Å². The van der Waals surface area contributed by atoms with Gasteiger partial charge in [-0.1, -0.05) is 103 Å². The molecule has 0 amide bonds. The van der Waals surface area contributed by atoms with Gasteiger partial charge in [-0.25, -0.2) is 0 Å². The van der Waals surface area contributed by atoms with Crippen molar-refractivity contribution in [3.8, 4) is 5.75 Å². The van der Waals surface area contributed by atoms with Crippen molar-refractivity contribution in [1.29, 1.82) is 0 Å². The van der Waals surface area contributed by atoms with E-state index in [9.17, 15) is 9.26 Å². The number of carbonyl (C=O) groups is 1. The highest BCUT2D eigenvalue weighted by molar-refractivity contribution is 6.36. The first kappa shape index (κ1) is 26.7. The lowest BCUT2D eigenvalue weighted by atomic mass is 10.0. The summed E-state index contributed by atoms with van der Waals surface area (Å²) in [5, 5.41) is 0. The summed E-state index contributed by atoms with van der Waals surface area (Å²) < 4.78 is 17.9. The van der Waals surface area contributed by atoms with Gasteiger partial charge < -0.3 is 8.89 Å². The van der Waals surface area contributed by atoms with E-state index in [-0.39, 0.29) is 0 Å². The van der Waals surface area contributed by atoms with Crippen LogP contribution in [0.25, 0.3) is 0 Å². The van der Waals surface area contributed by atoms with Crippen molar-refractivity contribution in [3.63, 3.8) is 0 Å². The van der Waals surface area contributed by atoms with E-state index in [1.54, 1.807) is 6.07 Å². The van der Waals surface area contributed by atoms with Crippen molar-refractivity contribution < 1.29 is 13.7 Å². The summed E-state index contributed by atoms with van der Waals surface area (Å²) in [5.74, 6) is 0.470. The Morgan fingerprint density at radius 3 is 1.70 bits per heavy atom.